The molecule has 0 bridgehead atoms. The van der Waals surface area contributed by atoms with Crippen LogP contribution in [0.2, 0.25) is 0 Å². The normalized spacial score (nSPS) is 12.1. The van der Waals surface area contributed by atoms with Gasteiger partial charge in [0, 0.05) is 30.7 Å². The first kappa shape index (κ1) is 46.2. The molecule has 0 saturated carbocycles. The fraction of sp³-hybridized carbons (Fsp3) is 0.250. The van der Waals surface area contributed by atoms with E-state index in [2.05, 4.69) is 54.9 Å². The SMILES string of the molecule is C=CC(=O)OCCCCOCC(COc1ccc(C(=O)Oc2ccc(CCOC(=O)c3ccc(CCC)cc3)cc2/C=N/NC2c3ccccc3-c3ccccc32)cc1)OC(=O)C=C. The molecule has 0 saturated heterocycles. The lowest BCUT2D eigenvalue weighted by Gasteiger charge is -2.18. The molecule has 0 aliphatic heterocycles. The standard InChI is InChI=1S/C52H52N2O10/c1-4-13-36-18-21-38(22-19-36)51(57)61-31-28-37-20-27-47(40(32-37)33-53-54-50-45-16-9-7-14-43(45)44-15-8-10-17-46(44)50)64-52(58)39-23-25-41(26-24-39)62-35-42(63-49(56)6-3)34-59-29-11-12-30-60-48(55)5-2/h5-10,14-27,32-33,42,50,54H,2-4,11-13,28-31,34-35H2,1H3/b53-33+. The lowest BCUT2D eigenvalue weighted by Crippen LogP contribution is -2.29. The summed E-state index contributed by atoms with van der Waals surface area (Å²) in [5.74, 6) is -1.41. The predicted octanol–water partition coefficient (Wildman–Crippen LogP) is 8.95. The van der Waals surface area contributed by atoms with E-state index in [0.29, 0.717) is 42.7 Å². The van der Waals surface area contributed by atoms with Gasteiger partial charge in [-0.1, -0.05) is 93.2 Å². The van der Waals surface area contributed by atoms with Crippen LogP contribution in [0.5, 0.6) is 11.5 Å². The number of carbonyl (C=O) groups excluding carboxylic acids is 4. The van der Waals surface area contributed by atoms with Gasteiger partial charge in [-0.2, -0.15) is 5.10 Å². The second-order valence-corrected chi connectivity index (χ2v) is 14.8. The second kappa shape index (κ2) is 23.8. The predicted molar refractivity (Wildman–Crippen MR) is 243 cm³/mol. The number of aryl methyl sites for hydroxylation is 1. The third-order valence-electron chi connectivity index (χ3n) is 10.2. The number of nitrogens with one attached hydrogen (secondary N) is 1. The van der Waals surface area contributed by atoms with E-state index in [4.69, 9.17) is 28.4 Å². The van der Waals surface area contributed by atoms with Crippen LogP contribution in [-0.4, -0.2) is 69.2 Å². The Morgan fingerprint density at radius 1 is 0.688 bits per heavy atom. The monoisotopic (exact) mass is 864 g/mol. The van der Waals surface area contributed by atoms with Crippen LogP contribution in [0.4, 0.5) is 0 Å². The lowest BCUT2D eigenvalue weighted by atomic mass is 10.1. The molecule has 1 N–H and O–H groups in total. The zero-order valence-electron chi connectivity index (χ0n) is 35.9. The fourth-order valence-corrected chi connectivity index (χ4v) is 6.98. The van der Waals surface area contributed by atoms with Gasteiger partial charge in [0.15, 0.2) is 6.10 Å². The highest BCUT2D eigenvalue weighted by Crippen LogP contribution is 2.43. The first-order valence-corrected chi connectivity index (χ1v) is 21.3. The minimum Gasteiger partial charge on any atom is -0.490 e. The van der Waals surface area contributed by atoms with Crippen molar-refractivity contribution in [3.63, 3.8) is 0 Å². The number of hydrazone groups is 1. The molecule has 5 aromatic rings. The third-order valence-corrected chi connectivity index (χ3v) is 10.2. The summed E-state index contributed by atoms with van der Waals surface area (Å²) in [5, 5.41) is 4.65. The van der Waals surface area contributed by atoms with Gasteiger partial charge in [0.05, 0.1) is 43.2 Å². The van der Waals surface area contributed by atoms with Crippen molar-refractivity contribution in [3.8, 4) is 22.6 Å². The van der Waals surface area contributed by atoms with Gasteiger partial charge in [0.25, 0.3) is 0 Å². The molecule has 0 radical (unpaired) electrons. The zero-order valence-corrected chi connectivity index (χ0v) is 35.9. The van der Waals surface area contributed by atoms with Gasteiger partial charge in [-0.25, -0.2) is 19.2 Å². The number of benzene rings is 5. The Hall–Kier alpha value is -7.31. The summed E-state index contributed by atoms with van der Waals surface area (Å²) in [7, 11) is 0. The van der Waals surface area contributed by atoms with Crippen LogP contribution in [0.15, 0.2) is 146 Å². The fourth-order valence-electron chi connectivity index (χ4n) is 6.98. The minimum atomic E-state index is -0.737. The van der Waals surface area contributed by atoms with E-state index >= 15 is 0 Å². The number of rotatable bonds is 24. The average Bonchev–Trinajstić information content (AvgIpc) is 3.64. The molecule has 1 aliphatic carbocycles. The highest BCUT2D eigenvalue weighted by Gasteiger charge is 2.27. The van der Waals surface area contributed by atoms with Crippen LogP contribution in [-0.2, 0) is 41.4 Å². The van der Waals surface area contributed by atoms with Gasteiger partial charge in [-0.15, -0.1) is 0 Å². The number of unbranched alkanes of at least 4 members (excludes halogenated alkanes) is 1. The Kier molecular flexibility index (Phi) is 17.2. The van der Waals surface area contributed by atoms with Gasteiger partial charge < -0.3 is 28.4 Å². The maximum absolute atomic E-state index is 13.5. The molecule has 12 heteroatoms. The number of hydrogen-bond donors (Lipinski definition) is 1. The molecule has 1 aliphatic rings. The highest BCUT2D eigenvalue weighted by atomic mass is 16.6. The van der Waals surface area contributed by atoms with Crippen molar-refractivity contribution in [2.75, 3.05) is 33.0 Å². The molecule has 330 valence electrons. The summed E-state index contributed by atoms with van der Waals surface area (Å²) in [6.07, 6.45) is 6.66. The topological polar surface area (TPSA) is 148 Å². The van der Waals surface area contributed by atoms with E-state index in [9.17, 15) is 19.2 Å². The number of esters is 4. The second-order valence-electron chi connectivity index (χ2n) is 14.8. The maximum Gasteiger partial charge on any atom is 0.343 e. The van der Waals surface area contributed by atoms with Gasteiger partial charge in [0.1, 0.15) is 18.1 Å². The summed E-state index contributed by atoms with van der Waals surface area (Å²) < 4.78 is 33.5. The van der Waals surface area contributed by atoms with E-state index in [0.717, 1.165) is 52.8 Å². The first-order chi connectivity index (χ1) is 31.3. The number of nitrogens with zero attached hydrogens (tertiary/aromatic N) is 1. The van der Waals surface area contributed by atoms with Crippen molar-refractivity contribution in [3.05, 3.63) is 180 Å². The molecule has 1 atom stereocenters. The number of ether oxygens (including phenoxy) is 6. The molecule has 12 nitrogen and oxygen atoms in total. The van der Waals surface area contributed by atoms with Gasteiger partial charge >= 0.3 is 23.9 Å². The molecule has 6 rings (SSSR count). The van der Waals surface area contributed by atoms with Crippen molar-refractivity contribution < 1.29 is 47.6 Å². The average molecular weight is 865 g/mol. The van der Waals surface area contributed by atoms with E-state index < -0.39 is 30.0 Å². The maximum atomic E-state index is 13.5. The van der Waals surface area contributed by atoms with Crippen molar-refractivity contribution >= 4 is 30.1 Å². The zero-order chi connectivity index (χ0) is 45.1. The number of carbonyl (C=O) groups is 4. The van der Waals surface area contributed by atoms with Crippen LogP contribution < -0.4 is 14.9 Å². The van der Waals surface area contributed by atoms with Crippen molar-refractivity contribution in [1.82, 2.24) is 5.43 Å². The van der Waals surface area contributed by atoms with E-state index in [1.54, 1.807) is 48.7 Å². The molecular weight excluding hydrogens is 813 g/mol. The molecule has 1 unspecified atom stereocenters. The van der Waals surface area contributed by atoms with E-state index in [1.165, 1.54) is 5.56 Å². The van der Waals surface area contributed by atoms with Crippen LogP contribution in [0.25, 0.3) is 11.1 Å². The molecule has 0 fully saturated rings. The smallest absolute Gasteiger partial charge is 0.343 e. The Bertz CT molecular complexity index is 2380. The Morgan fingerprint density at radius 3 is 2.02 bits per heavy atom. The molecule has 5 aromatic carbocycles. The van der Waals surface area contributed by atoms with Crippen LogP contribution in [0.3, 0.4) is 0 Å². The molecule has 64 heavy (non-hydrogen) atoms. The summed E-state index contributed by atoms with van der Waals surface area (Å²) in [6, 6.07) is 35.4. The molecule has 0 spiro atoms. The van der Waals surface area contributed by atoms with Crippen LogP contribution in [0, 0.1) is 0 Å². The van der Waals surface area contributed by atoms with Crippen molar-refractivity contribution in [2.45, 2.75) is 51.2 Å². The van der Waals surface area contributed by atoms with Gasteiger partial charge in [-0.05, 0) is 101 Å². The number of fused-ring (bicyclic) bond motifs is 3. The molecule has 0 heterocycles. The molecule has 0 aromatic heterocycles. The third kappa shape index (κ3) is 13.1. The highest BCUT2D eigenvalue weighted by molar-refractivity contribution is 5.93. The first-order valence-electron chi connectivity index (χ1n) is 21.3. The Labute approximate surface area is 373 Å². The van der Waals surface area contributed by atoms with Crippen LogP contribution in [0.1, 0.15) is 80.8 Å². The largest absolute Gasteiger partial charge is 0.490 e. The van der Waals surface area contributed by atoms with Crippen LogP contribution >= 0.6 is 0 Å². The quantitative estimate of drug-likeness (QED) is 0.0121. The molecule has 0 amide bonds. The van der Waals surface area contributed by atoms with Gasteiger partial charge in [-0.3, -0.25) is 5.43 Å². The Morgan fingerprint density at radius 2 is 1.33 bits per heavy atom. The lowest BCUT2D eigenvalue weighted by molar-refractivity contribution is -0.148. The van der Waals surface area contributed by atoms with E-state index in [1.807, 2.05) is 48.5 Å². The summed E-state index contributed by atoms with van der Waals surface area (Å²) in [6.45, 7) is 9.72. The van der Waals surface area contributed by atoms with Crippen molar-refractivity contribution in [1.29, 1.82) is 0 Å². The van der Waals surface area contributed by atoms with Crippen molar-refractivity contribution in [2.24, 2.45) is 5.10 Å². The minimum absolute atomic E-state index is 0.0211. The van der Waals surface area contributed by atoms with Gasteiger partial charge in [0.2, 0.25) is 0 Å². The van der Waals surface area contributed by atoms with E-state index in [-0.39, 0.29) is 43.8 Å². The molecular formula is C52H52N2O10. The summed E-state index contributed by atoms with van der Waals surface area (Å²) in [4.78, 5) is 49.5. The number of hydrogen-bond acceptors (Lipinski definition) is 12. The summed E-state index contributed by atoms with van der Waals surface area (Å²) in [5.41, 5.74) is 11.1. The Balaban J connectivity index is 1.10. The summed E-state index contributed by atoms with van der Waals surface area (Å²) >= 11 is 0.